The van der Waals surface area contributed by atoms with Crippen LogP contribution in [-0.4, -0.2) is 11.1 Å². The van der Waals surface area contributed by atoms with Crippen molar-refractivity contribution in [2.75, 3.05) is 0 Å². The van der Waals surface area contributed by atoms with Gasteiger partial charge in [0.15, 0.2) is 5.76 Å². The lowest BCUT2D eigenvalue weighted by Gasteiger charge is -2.03. The Labute approximate surface area is 140 Å². The first-order valence-electron chi connectivity index (χ1n) is 6.87. The van der Waals surface area contributed by atoms with Gasteiger partial charge in [-0.2, -0.15) is 0 Å². The van der Waals surface area contributed by atoms with Crippen LogP contribution >= 0.6 is 15.9 Å². The molecule has 0 radical (unpaired) electrons. The van der Waals surface area contributed by atoms with Crippen molar-refractivity contribution in [1.29, 1.82) is 0 Å². The third-order valence-electron chi connectivity index (χ3n) is 3.20. The number of aromatic nitrogens is 1. The minimum Gasteiger partial charge on any atom is -0.356 e. The van der Waals surface area contributed by atoms with E-state index in [1.54, 1.807) is 36.4 Å². The van der Waals surface area contributed by atoms with Crippen LogP contribution in [0, 0.1) is 5.82 Å². The summed E-state index contributed by atoms with van der Waals surface area (Å²) in [5, 5.41) is 6.68. The van der Waals surface area contributed by atoms with Crippen molar-refractivity contribution in [3.63, 3.8) is 0 Å². The number of halogens is 2. The number of hydrogen-bond acceptors (Lipinski definition) is 3. The fourth-order valence-electron chi connectivity index (χ4n) is 2.05. The van der Waals surface area contributed by atoms with Crippen LogP contribution in [-0.2, 0) is 6.54 Å². The lowest BCUT2D eigenvalue weighted by atomic mass is 10.1. The molecular formula is C17H12BrFN2O2. The second-order valence-electron chi connectivity index (χ2n) is 4.88. The number of rotatable bonds is 4. The zero-order chi connectivity index (χ0) is 16.2. The first-order valence-corrected chi connectivity index (χ1v) is 7.66. The van der Waals surface area contributed by atoms with Crippen LogP contribution < -0.4 is 5.32 Å². The van der Waals surface area contributed by atoms with Crippen LogP contribution in [0.1, 0.15) is 16.1 Å². The van der Waals surface area contributed by atoms with Gasteiger partial charge in [-0.05, 0) is 42.5 Å². The largest absolute Gasteiger partial charge is 0.356 e. The maximum atomic E-state index is 12.9. The van der Waals surface area contributed by atoms with E-state index in [1.165, 1.54) is 12.1 Å². The third kappa shape index (κ3) is 3.84. The highest BCUT2D eigenvalue weighted by Gasteiger charge is 2.10. The third-order valence-corrected chi connectivity index (χ3v) is 3.70. The molecule has 1 aromatic heterocycles. The Bertz CT molecular complexity index is 831. The zero-order valence-electron chi connectivity index (χ0n) is 11.9. The molecule has 6 heteroatoms. The van der Waals surface area contributed by atoms with Gasteiger partial charge >= 0.3 is 0 Å². The van der Waals surface area contributed by atoms with E-state index in [-0.39, 0.29) is 18.3 Å². The van der Waals surface area contributed by atoms with Crippen LogP contribution in [0.4, 0.5) is 4.39 Å². The van der Waals surface area contributed by atoms with Gasteiger partial charge in [0.1, 0.15) is 11.5 Å². The molecule has 0 spiro atoms. The van der Waals surface area contributed by atoms with E-state index >= 15 is 0 Å². The molecule has 0 aliphatic rings. The van der Waals surface area contributed by atoms with Crippen molar-refractivity contribution in [3.8, 4) is 11.3 Å². The molecule has 0 bridgehead atoms. The van der Waals surface area contributed by atoms with Crippen LogP contribution in [0.3, 0.4) is 0 Å². The Morgan fingerprint density at radius 3 is 2.70 bits per heavy atom. The van der Waals surface area contributed by atoms with Gasteiger partial charge in [-0.1, -0.05) is 27.2 Å². The van der Waals surface area contributed by atoms with E-state index in [0.717, 1.165) is 10.0 Å². The van der Waals surface area contributed by atoms with Gasteiger partial charge in [-0.25, -0.2) is 4.39 Å². The SMILES string of the molecule is O=C(NCc1cc(-c2ccc(F)cc2)on1)c1cccc(Br)c1. The number of nitrogens with zero attached hydrogens (tertiary/aromatic N) is 1. The summed E-state index contributed by atoms with van der Waals surface area (Å²) in [4.78, 5) is 12.1. The molecule has 0 atom stereocenters. The number of amides is 1. The summed E-state index contributed by atoms with van der Waals surface area (Å²) in [5.74, 6) is 0.0177. The maximum absolute atomic E-state index is 12.9. The van der Waals surface area contributed by atoms with E-state index in [0.29, 0.717) is 17.0 Å². The van der Waals surface area contributed by atoms with Gasteiger partial charge < -0.3 is 9.84 Å². The molecule has 4 nitrogen and oxygen atoms in total. The van der Waals surface area contributed by atoms with E-state index in [4.69, 9.17) is 4.52 Å². The molecule has 1 amide bonds. The molecule has 2 aromatic carbocycles. The van der Waals surface area contributed by atoms with Crippen LogP contribution in [0.2, 0.25) is 0 Å². The lowest BCUT2D eigenvalue weighted by Crippen LogP contribution is -2.22. The second-order valence-corrected chi connectivity index (χ2v) is 5.80. The fraction of sp³-hybridized carbons (Fsp3) is 0.0588. The van der Waals surface area contributed by atoms with Crippen molar-refractivity contribution < 1.29 is 13.7 Å². The van der Waals surface area contributed by atoms with Gasteiger partial charge in [0, 0.05) is 21.7 Å². The summed E-state index contributed by atoms with van der Waals surface area (Å²) < 4.78 is 19.0. The fourth-order valence-corrected chi connectivity index (χ4v) is 2.45. The van der Waals surface area contributed by atoms with E-state index in [1.807, 2.05) is 6.07 Å². The monoisotopic (exact) mass is 374 g/mol. The molecule has 0 saturated carbocycles. The number of hydrogen-bond donors (Lipinski definition) is 1. The topological polar surface area (TPSA) is 55.1 Å². The first kappa shape index (κ1) is 15.4. The summed E-state index contributed by atoms with van der Waals surface area (Å²) in [6.07, 6.45) is 0. The summed E-state index contributed by atoms with van der Waals surface area (Å²) in [5.41, 5.74) is 1.87. The molecule has 0 aliphatic heterocycles. The molecule has 116 valence electrons. The highest BCUT2D eigenvalue weighted by atomic mass is 79.9. The normalized spacial score (nSPS) is 10.5. The number of carbonyl (C=O) groups is 1. The average molecular weight is 375 g/mol. The predicted octanol–water partition coefficient (Wildman–Crippen LogP) is 4.17. The van der Waals surface area contributed by atoms with Gasteiger partial charge in [-0.3, -0.25) is 4.79 Å². The molecular weight excluding hydrogens is 363 g/mol. The van der Waals surface area contributed by atoms with Crippen molar-refractivity contribution in [1.82, 2.24) is 10.5 Å². The van der Waals surface area contributed by atoms with Crippen LogP contribution in [0.25, 0.3) is 11.3 Å². The summed E-state index contributed by atoms with van der Waals surface area (Å²) in [6.45, 7) is 0.246. The average Bonchev–Trinajstić information content (AvgIpc) is 3.02. The van der Waals surface area contributed by atoms with Gasteiger partial charge in [0.05, 0.1) is 6.54 Å². The standard InChI is InChI=1S/C17H12BrFN2O2/c18-13-3-1-2-12(8-13)17(22)20-10-15-9-16(23-21-15)11-4-6-14(19)7-5-11/h1-9H,10H2,(H,20,22). The lowest BCUT2D eigenvalue weighted by molar-refractivity contribution is 0.0950. The van der Waals surface area contributed by atoms with E-state index in [9.17, 15) is 9.18 Å². The molecule has 1 N–H and O–H groups in total. The maximum Gasteiger partial charge on any atom is 0.251 e. The predicted molar refractivity (Wildman–Crippen MR) is 87.2 cm³/mol. The van der Waals surface area contributed by atoms with Crippen LogP contribution in [0.5, 0.6) is 0 Å². The molecule has 0 fully saturated rings. The number of carbonyl (C=O) groups excluding carboxylic acids is 1. The van der Waals surface area contributed by atoms with Crippen molar-refractivity contribution in [2.24, 2.45) is 0 Å². The van der Waals surface area contributed by atoms with Gasteiger partial charge in [0.2, 0.25) is 0 Å². The molecule has 3 aromatic rings. The van der Waals surface area contributed by atoms with Gasteiger partial charge in [-0.15, -0.1) is 0 Å². The molecule has 1 heterocycles. The minimum absolute atomic E-state index is 0.197. The molecule has 23 heavy (non-hydrogen) atoms. The van der Waals surface area contributed by atoms with E-state index < -0.39 is 0 Å². The Morgan fingerprint density at radius 1 is 1.17 bits per heavy atom. The smallest absolute Gasteiger partial charge is 0.251 e. The first-order chi connectivity index (χ1) is 11.1. The summed E-state index contributed by atoms with van der Waals surface area (Å²) >= 11 is 3.33. The Hall–Kier alpha value is -2.47. The molecule has 3 rings (SSSR count). The summed E-state index contributed by atoms with van der Waals surface area (Å²) in [7, 11) is 0. The highest BCUT2D eigenvalue weighted by molar-refractivity contribution is 9.10. The quantitative estimate of drug-likeness (QED) is 0.745. The molecule has 0 unspecified atom stereocenters. The van der Waals surface area contributed by atoms with Crippen LogP contribution in [0.15, 0.2) is 63.6 Å². The number of benzene rings is 2. The highest BCUT2D eigenvalue weighted by Crippen LogP contribution is 2.20. The van der Waals surface area contributed by atoms with Crippen molar-refractivity contribution in [2.45, 2.75) is 6.54 Å². The second kappa shape index (κ2) is 6.75. The Morgan fingerprint density at radius 2 is 1.96 bits per heavy atom. The Kier molecular flexibility index (Phi) is 4.52. The van der Waals surface area contributed by atoms with Crippen molar-refractivity contribution >= 4 is 21.8 Å². The number of nitrogens with one attached hydrogen (secondary N) is 1. The molecule has 0 aliphatic carbocycles. The van der Waals surface area contributed by atoms with Crippen molar-refractivity contribution in [3.05, 3.63) is 76.1 Å². The van der Waals surface area contributed by atoms with E-state index in [2.05, 4.69) is 26.4 Å². The minimum atomic E-state index is -0.310. The zero-order valence-corrected chi connectivity index (χ0v) is 13.5. The molecule has 0 saturated heterocycles. The summed E-state index contributed by atoms with van der Waals surface area (Å²) in [6, 6.07) is 14.8. The Balaban J connectivity index is 1.65. The van der Waals surface area contributed by atoms with Gasteiger partial charge in [0.25, 0.3) is 5.91 Å².